The van der Waals surface area contributed by atoms with Crippen molar-refractivity contribution in [3.05, 3.63) is 36.0 Å². The molecule has 3 nitrogen and oxygen atoms in total. The van der Waals surface area contributed by atoms with E-state index in [1.807, 2.05) is 18.3 Å². The number of hydrogen-bond acceptors (Lipinski definition) is 2. The molecule has 1 aliphatic heterocycles. The molecule has 0 aliphatic carbocycles. The number of benzene rings is 1. The molecule has 0 amide bonds. The lowest BCUT2D eigenvalue weighted by Crippen LogP contribution is -2.24. The fourth-order valence-corrected chi connectivity index (χ4v) is 2.67. The lowest BCUT2D eigenvalue weighted by Gasteiger charge is -2.20. The average Bonchev–Trinajstić information content (AvgIpc) is 3.01. The maximum absolute atomic E-state index is 9.41. The molecule has 1 fully saturated rings. The molecule has 0 bridgehead atoms. The topological polar surface area (TPSA) is 42.8 Å². The number of nitrogens with one attached hydrogen (secondary N) is 1. The lowest BCUT2D eigenvalue weighted by molar-refractivity contribution is 0.296. The van der Waals surface area contributed by atoms with E-state index in [9.17, 15) is 5.26 Å². The van der Waals surface area contributed by atoms with Gasteiger partial charge in [0, 0.05) is 22.7 Å². The number of rotatable bonds is 2. The van der Waals surface area contributed by atoms with Crippen LogP contribution in [0.4, 0.5) is 0 Å². The third-order valence-corrected chi connectivity index (χ3v) is 3.54. The molecule has 1 aromatic heterocycles. The molecule has 3 heteroatoms. The summed E-state index contributed by atoms with van der Waals surface area (Å²) in [6.07, 6.45) is 4.40. The zero-order chi connectivity index (χ0) is 11.7. The summed E-state index contributed by atoms with van der Waals surface area (Å²) in [7, 11) is 0. The van der Waals surface area contributed by atoms with Crippen molar-refractivity contribution in [2.75, 3.05) is 13.1 Å². The Kier molecular flexibility index (Phi) is 2.58. The molecule has 17 heavy (non-hydrogen) atoms. The number of likely N-dealkylation sites (tertiary alicyclic amines) is 1. The van der Waals surface area contributed by atoms with Crippen LogP contribution in [0.1, 0.15) is 24.4 Å². The number of H-pyrrole nitrogens is 1. The van der Waals surface area contributed by atoms with Gasteiger partial charge in [0.15, 0.2) is 0 Å². The van der Waals surface area contributed by atoms with Gasteiger partial charge in [-0.1, -0.05) is 18.2 Å². The predicted octanol–water partition coefficient (Wildman–Crippen LogP) is 2.83. The van der Waals surface area contributed by atoms with Gasteiger partial charge in [-0.15, -0.1) is 0 Å². The van der Waals surface area contributed by atoms with Gasteiger partial charge in [0.05, 0.1) is 6.07 Å². The summed E-state index contributed by atoms with van der Waals surface area (Å²) in [5, 5.41) is 10.6. The van der Waals surface area contributed by atoms with Gasteiger partial charge in [0.1, 0.15) is 6.04 Å². The smallest absolute Gasteiger partial charge is 0.125 e. The number of nitriles is 1. The second-order valence-corrected chi connectivity index (χ2v) is 4.56. The highest BCUT2D eigenvalue weighted by atomic mass is 15.2. The molecule has 86 valence electrons. The van der Waals surface area contributed by atoms with Crippen LogP contribution in [0.2, 0.25) is 0 Å². The summed E-state index contributed by atoms with van der Waals surface area (Å²) in [6, 6.07) is 10.5. The summed E-state index contributed by atoms with van der Waals surface area (Å²) in [6.45, 7) is 2.08. The van der Waals surface area contributed by atoms with Crippen LogP contribution in [0, 0.1) is 11.3 Å². The van der Waals surface area contributed by atoms with E-state index < -0.39 is 0 Å². The van der Waals surface area contributed by atoms with Crippen molar-refractivity contribution in [3.8, 4) is 6.07 Å². The summed E-state index contributed by atoms with van der Waals surface area (Å²) < 4.78 is 0. The third-order valence-electron chi connectivity index (χ3n) is 3.54. The Hall–Kier alpha value is -1.79. The van der Waals surface area contributed by atoms with Crippen LogP contribution in [0.25, 0.3) is 10.9 Å². The largest absolute Gasteiger partial charge is 0.361 e. The molecule has 3 rings (SSSR count). The van der Waals surface area contributed by atoms with Crippen molar-refractivity contribution in [3.63, 3.8) is 0 Å². The SMILES string of the molecule is N#C[C@H](c1c[nH]c2ccccc12)N1CCCC1. The minimum atomic E-state index is -0.103. The molecule has 2 heterocycles. The Bertz CT molecular complexity index is 558. The summed E-state index contributed by atoms with van der Waals surface area (Å²) in [4.78, 5) is 5.52. The van der Waals surface area contributed by atoms with Gasteiger partial charge in [0.25, 0.3) is 0 Å². The van der Waals surface area contributed by atoms with Gasteiger partial charge in [-0.25, -0.2) is 0 Å². The van der Waals surface area contributed by atoms with E-state index in [1.54, 1.807) is 0 Å². The van der Waals surface area contributed by atoms with Gasteiger partial charge in [-0.3, -0.25) is 4.90 Å². The van der Waals surface area contributed by atoms with Crippen LogP contribution in [0.15, 0.2) is 30.5 Å². The normalized spacial score (nSPS) is 18.3. The fraction of sp³-hybridized carbons (Fsp3) is 0.357. The van der Waals surface area contributed by atoms with Crippen molar-refractivity contribution < 1.29 is 0 Å². The molecule has 0 saturated carbocycles. The Morgan fingerprint density at radius 1 is 1.24 bits per heavy atom. The number of hydrogen-bond donors (Lipinski definition) is 1. The first kappa shape index (κ1) is 10.4. The first-order valence-corrected chi connectivity index (χ1v) is 6.10. The molecule has 1 aromatic carbocycles. The van der Waals surface area contributed by atoms with Gasteiger partial charge < -0.3 is 4.98 Å². The predicted molar refractivity (Wildman–Crippen MR) is 67.5 cm³/mol. The Labute approximate surface area is 101 Å². The van der Waals surface area contributed by atoms with Crippen molar-refractivity contribution in [1.29, 1.82) is 5.26 Å². The monoisotopic (exact) mass is 225 g/mol. The number of para-hydroxylation sites is 1. The van der Waals surface area contributed by atoms with Gasteiger partial charge in [-0.2, -0.15) is 5.26 Å². The fourth-order valence-electron chi connectivity index (χ4n) is 2.67. The second kappa shape index (κ2) is 4.23. The van der Waals surface area contributed by atoms with Gasteiger partial charge >= 0.3 is 0 Å². The van der Waals surface area contributed by atoms with E-state index in [4.69, 9.17) is 0 Å². The summed E-state index contributed by atoms with van der Waals surface area (Å²) in [5.74, 6) is 0. The second-order valence-electron chi connectivity index (χ2n) is 4.56. The van der Waals surface area contributed by atoms with E-state index >= 15 is 0 Å². The average molecular weight is 225 g/mol. The van der Waals surface area contributed by atoms with E-state index in [0.29, 0.717) is 0 Å². The van der Waals surface area contributed by atoms with Crippen LogP contribution in [-0.2, 0) is 0 Å². The molecule has 1 atom stereocenters. The van der Waals surface area contributed by atoms with Crippen molar-refractivity contribution in [1.82, 2.24) is 9.88 Å². The number of aromatic amines is 1. The molecule has 0 radical (unpaired) electrons. The number of nitrogens with zero attached hydrogens (tertiary/aromatic N) is 2. The van der Waals surface area contributed by atoms with E-state index in [1.165, 1.54) is 18.2 Å². The van der Waals surface area contributed by atoms with Crippen LogP contribution in [0.5, 0.6) is 0 Å². The van der Waals surface area contributed by atoms with Crippen LogP contribution in [0.3, 0.4) is 0 Å². The molecule has 0 spiro atoms. The zero-order valence-electron chi connectivity index (χ0n) is 9.69. The standard InChI is InChI=1S/C14H15N3/c15-9-14(17-7-3-4-8-17)12-10-16-13-6-2-1-5-11(12)13/h1-2,5-6,10,14,16H,3-4,7-8H2/t14-/m1/s1. The van der Waals surface area contributed by atoms with Crippen molar-refractivity contribution >= 4 is 10.9 Å². The highest BCUT2D eigenvalue weighted by Crippen LogP contribution is 2.29. The quantitative estimate of drug-likeness (QED) is 0.854. The summed E-state index contributed by atoms with van der Waals surface area (Å²) in [5.41, 5.74) is 2.23. The maximum Gasteiger partial charge on any atom is 0.125 e. The first-order chi connectivity index (χ1) is 8.40. The highest BCUT2D eigenvalue weighted by Gasteiger charge is 2.25. The molecule has 1 saturated heterocycles. The minimum absolute atomic E-state index is 0.103. The minimum Gasteiger partial charge on any atom is -0.361 e. The first-order valence-electron chi connectivity index (χ1n) is 6.10. The maximum atomic E-state index is 9.41. The lowest BCUT2D eigenvalue weighted by atomic mass is 10.1. The van der Waals surface area contributed by atoms with Crippen molar-refractivity contribution in [2.24, 2.45) is 0 Å². The third kappa shape index (κ3) is 1.71. The number of fused-ring (bicyclic) bond motifs is 1. The van der Waals surface area contributed by atoms with Crippen LogP contribution in [-0.4, -0.2) is 23.0 Å². The Morgan fingerprint density at radius 2 is 2.00 bits per heavy atom. The molecule has 1 aliphatic rings. The Morgan fingerprint density at radius 3 is 2.76 bits per heavy atom. The van der Waals surface area contributed by atoms with Crippen LogP contribution >= 0.6 is 0 Å². The van der Waals surface area contributed by atoms with Gasteiger partial charge in [-0.05, 0) is 32.0 Å². The molecule has 2 aromatic rings. The molecule has 1 N–H and O–H groups in total. The Balaban J connectivity index is 2.04. The van der Waals surface area contributed by atoms with E-state index in [0.717, 1.165) is 24.2 Å². The molecular weight excluding hydrogens is 210 g/mol. The summed E-state index contributed by atoms with van der Waals surface area (Å²) >= 11 is 0. The van der Waals surface area contributed by atoms with Crippen LogP contribution < -0.4 is 0 Å². The number of aromatic nitrogens is 1. The highest BCUT2D eigenvalue weighted by molar-refractivity contribution is 5.83. The van der Waals surface area contributed by atoms with E-state index in [-0.39, 0.29) is 6.04 Å². The zero-order valence-corrected chi connectivity index (χ0v) is 9.69. The van der Waals surface area contributed by atoms with Crippen molar-refractivity contribution in [2.45, 2.75) is 18.9 Å². The molecule has 0 unspecified atom stereocenters. The van der Waals surface area contributed by atoms with E-state index in [2.05, 4.69) is 28.1 Å². The molecular formula is C14H15N3. The van der Waals surface area contributed by atoms with Gasteiger partial charge in [0.2, 0.25) is 0 Å².